The molecule has 0 saturated heterocycles. The average molecular weight is 397 g/mol. The average Bonchev–Trinajstić information content (AvgIpc) is 3.09. The summed E-state index contributed by atoms with van der Waals surface area (Å²) in [5.74, 6) is -0.750. The van der Waals surface area contributed by atoms with E-state index in [2.05, 4.69) is 5.10 Å². The third kappa shape index (κ3) is 3.50. The van der Waals surface area contributed by atoms with Gasteiger partial charge in [0.05, 0.1) is 26.0 Å². The summed E-state index contributed by atoms with van der Waals surface area (Å²) in [6.07, 6.45) is 3.06. The molecule has 0 aliphatic carbocycles. The highest BCUT2D eigenvalue weighted by molar-refractivity contribution is 5.72. The second kappa shape index (κ2) is 7.48. The Kier molecular flexibility index (Phi) is 4.85. The molecule has 6 nitrogen and oxygen atoms in total. The third-order valence-electron chi connectivity index (χ3n) is 4.66. The van der Waals surface area contributed by atoms with Crippen LogP contribution >= 0.6 is 0 Å². The van der Waals surface area contributed by atoms with Gasteiger partial charge in [0.15, 0.2) is 0 Å². The fraction of sp³-hybridized carbons (Fsp3) is 0.143. The van der Waals surface area contributed by atoms with E-state index in [4.69, 9.17) is 4.74 Å². The minimum atomic E-state index is -0.712. The zero-order valence-corrected chi connectivity index (χ0v) is 15.5. The number of aliphatic hydroxyl groups is 1. The first kappa shape index (κ1) is 18.8. The summed E-state index contributed by atoms with van der Waals surface area (Å²) >= 11 is 0. The molecular weight excluding hydrogens is 380 g/mol. The number of nitrogens with zero attached hydrogens (tertiary/aromatic N) is 3. The Labute approximate surface area is 164 Å². The number of aromatic nitrogens is 3. The highest BCUT2D eigenvalue weighted by Crippen LogP contribution is 2.26. The number of hydrogen-bond acceptors (Lipinski definition) is 4. The molecule has 0 amide bonds. The maximum Gasteiger partial charge on any atom is 0.277 e. The molecule has 0 aliphatic rings. The highest BCUT2D eigenvalue weighted by atomic mass is 19.1. The van der Waals surface area contributed by atoms with E-state index in [1.807, 2.05) is 0 Å². The van der Waals surface area contributed by atoms with Crippen molar-refractivity contribution in [2.24, 2.45) is 0 Å². The lowest BCUT2D eigenvalue weighted by molar-refractivity contribution is 0.283. The van der Waals surface area contributed by atoms with Crippen LogP contribution in [0.4, 0.5) is 8.78 Å². The van der Waals surface area contributed by atoms with Gasteiger partial charge in [-0.1, -0.05) is 0 Å². The van der Waals surface area contributed by atoms with Gasteiger partial charge in [-0.3, -0.25) is 4.79 Å². The summed E-state index contributed by atoms with van der Waals surface area (Å²) in [7, 11) is 1.56. The number of aliphatic hydroxyl groups excluding tert-OH is 1. The molecule has 2 aromatic heterocycles. The van der Waals surface area contributed by atoms with Gasteiger partial charge in [-0.2, -0.15) is 5.10 Å². The molecule has 8 heteroatoms. The first-order chi connectivity index (χ1) is 14.0. The van der Waals surface area contributed by atoms with Gasteiger partial charge in [0.1, 0.15) is 22.9 Å². The van der Waals surface area contributed by atoms with Crippen molar-refractivity contribution in [3.05, 3.63) is 88.0 Å². The second-order valence-corrected chi connectivity index (χ2v) is 6.52. The smallest absolute Gasteiger partial charge is 0.277 e. The normalized spacial score (nSPS) is 11.2. The van der Waals surface area contributed by atoms with E-state index in [-0.39, 0.29) is 12.1 Å². The number of methoxy groups -OCH3 is 1. The van der Waals surface area contributed by atoms with Gasteiger partial charge in [0.2, 0.25) is 0 Å². The highest BCUT2D eigenvalue weighted by Gasteiger charge is 2.18. The van der Waals surface area contributed by atoms with Gasteiger partial charge in [-0.15, -0.1) is 0 Å². The van der Waals surface area contributed by atoms with Gasteiger partial charge in [0.25, 0.3) is 5.56 Å². The minimum Gasteiger partial charge on any atom is -0.497 e. The fourth-order valence-corrected chi connectivity index (χ4v) is 3.30. The molecule has 0 atom stereocenters. The van der Waals surface area contributed by atoms with Crippen molar-refractivity contribution in [2.75, 3.05) is 7.11 Å². The van der Waals surface area contributed by atoms with Gasteiger partial charge in [0, 0.05) is 29.6 Å². The summed E-state index contributed by atoms with van der Waals surface area (Å²) in [6.45, 7) is -0.406. The Hall–Kier alpha value is -3.52. The van der Waals surface area contributed by atoms with Crippen molar-refractivity contribution in [1.82, 2.24) is 14.2 Å². The molecule has 4 rings (SSSR count). The zero-order valence-electron chi connectivity index (χ0n) is 15.5. The Morgan fingerprint density at radius 2 is 1.76 bits per heavy atom. The van der Waals surface area contributed by atoms with Gasteiger partial charge in [-0.25, -0.2) is 13.3 Å². The number of hydrogen-bond donors (Lipinski definition) is 1. The van der Waals surface area contributed by atoms with E-state index in [1.54, 1.807) is 37.6 Å². The van der Waals surface area contributed by atoms with Gasteiger partial charge >= 0.3 is 0 Å². The Balaban J connectivity index is 1.82. The first-order valence-corrected chi connectivity index (χ1v) is 8.81. The van der Waals surface area contributed by atoms with Crippen LogP contribution in [0, 0.1) is 11.6 Å². The predicted molar refractivity (Wildman–Crippen MR) is 103 cm³/mol. The van der Waals surface area contributed by atoms with Gasteiger partial charge in [-0.05, 0) is 42.0 Å². The van der Waals surface area contributed by atoms with Crippen LogP contribution in [0.3, 0.4) is 0 Å². The molecule has 0 aliphatic heterocycles. The molecule has 2 heterocycles. The molecule has 1 N–H and O–H groups in total. The lowest BCUT2D eigenvalue weighted by Crippen LogP contribution is -2.22. The van der Waals surface area contributed by atoms with Crippen LogP contribution in [0.2, 0.25) is 0 Å². The Morgan fingerprint density at radius 3 is 2.38 bits per heavy atom. The maximum atomic E-state index is 13.5. The third-order valence-corrected chi connectivity index (χ3v) is 4.66. The zero-order chi connectivity index (χ0) is 20.5. The maximum absolute atomic E-state index is 13.5. The number of ether oxygens (including phenoxy) is 1. The summed E-state index contributed by atoms with van der Waals surface area (Å²) in [5, 5.41) is 14.3. The van der Waals surface area contributed by atoms with E-state index in [1.165, 1.54) is 27.4 Å². The van der Waals surface area contributed by atoms with Crippen molar-refractivity contribution in [3.63, 3.8) is 0 Å². The van der Waals surface area contributed by atoms with Crippen LogP contribution in [0.1, 0.15) is 11.1 Å². The first-order valence-electron chi connectivity index (χ1n) is 8.81. The van der Waals surface area contributed by atoms with Crippen LogP contribution in [0.25, 0.3) is 16.8 Å². The summed E-state index contributed by atoms with van der Waals surface area (Å²) in [4.78, 5) is 13.0. The molecule has 0 spiro atoms. The Bertz CT molecular complexity index is 1230. The summed E-state index contributed by atoms with van der Waals surface area (Å²) < 4.78 is 34.8. The molecule has 29 heavy (non-hydrogen) atoms. The summed E-state index contributed by atoms with van der Waals surface area (Å²) in [6, 6.07) is 10.2. The van der Waals surface area contributed by atoms with Gasteiger partial charge < -0.3 is 14.4 Å². The molecule has 148 valence electrons. The molecule has 4 aromatic rings. The number of halogens is 2. The van der Waals surface area contributed by atoms with Crippen molar-refractivity contribution in [3.8, 4) is 17.0 Å². The van der Waals surface area contributed by atoms with Crippen LogP contribution in [0.5, 0.6) is 5.75 Å². The molecule has 0 saturated carbocycles. The molecule has 0 bridgehead atoms. The van der Waals surface area contributed by atoms with Crippen molar-refractivity contribution < 1.29 is 18.6 Å². The van der Waals surface area contributed by atoms with E-state index in [9.17, 15) is 18.7 Å². The monoisotopic (exact) mass is 397 g/mol. The van der Waals surface area contributed by atoms with E-state index < -0.39 is 23.8 Å². The van der Waals surface area contributed by atoms with Crippen LogP contribution in [-0.4, -0.2) is 26.4 Å². The second-order valence-electron chi connectivity index (χ2n) is 6.52. The number of benzene rings is 2. The molecule has 0 fully saturated rings. The van der Waals surface area contributed by atoms with Crippen LogP contribution in [0.15, 0.2) is 59.7 Å². The van der Waals surface area contributed by atoms with Crippen molar-refractivity contribution >= 4 is 5.52 Å². The minimum absolute atomic E-state index is 0.0159. The van der Waals surface area contributed by atoms with E-state index in [0.717, 1.165) is 11.6 Å². The molecular formula is C21H17F2N3O3. The van der Waals surface area contributed by atoms with E-state index in [0.29, 0.717) is 22.6 Å². The predicted octanol–water partition coefficient (Wildman–Crippen LogP) is 2.99. The quantitative estimate of drug-likeness (QED) is 0.562. The largest absolute Gasteiger partial charge is 0.497 e. The summed E-state index contributed by atoms with van der Waals surface area (Å²) in [5.41, 5.74) is 1.67. The fourth-order valence-electron chi connectivity index (χ4n) is 3.30. The molecule has 0 unspecified atom stereocenters. The Morgan fingerprint density at radius 1 is 1.07 bits per heavy atom. The van der Waals surface area contributed by atoms with Crippen molar-refractivity contribution in [1.29, 1.82) is 0 Å². The van der Waals surface area contributed by atoms with E-state index >= 15 is 0 Å². The SMILES string of the molecule is COc1ccc(-c2nn3ccn(Cc4cc(F)cc(F)c4)c(=O)c3c2CO)cc1. The standard InChI is InChI=1S/C21H17F2N3O3/c1-29-17-4-2-14(3-5-17)19-18(12-27)20-21(28)25(6-7-26(20)24-19)11-13-8-15(22)10-16(23)9-13/h2-10,27H,11-12H2,1H3. The lowest BCUT2D eigenvalue weighted by atomic mass is 10.1. The van der Waals surface area contributed by atoms with Crippen LogP contribution in [-0.2, 0) is 13.2 Å². The topological polar surface area (TPSA) is 68.8 Å². The number of rotatable bonds is 5. The lowest BCUT2D eigenvalue weighted by Gasteiger charge is -2.07. The molecule has 2 aromatic carbocycles. The number of fused-ring (bicyclic) bond motifs is 1. The van der Waals surface area contributed by atoms with Crippen molar-refractivity contribution in [2.45, 2.75) is 13.2 Å². The van der Waals surface area contributed by atoms with Crippen LogP contribution < -0.4 is 10.3 Å². The molecule has 0 radical (unpaired) electrons.